The molecule has 0 heterocycles. The molecule has 0 amide bonds. The minimum Gasteiger partial charge on any atom is -0.392 e. The molecule has 2 heteroatoms. The quantitative estimate of drug-likeness (QED) is 0.363. The largest absolute Gasteiger partial charge is 0.392 e. The Bertz CT molecular complexity index is 244. The van der Waals surface area contributed by atoms with Crippen molar-refractivity contribution in [2.24, 2.45) is 0 Å². The Morgan fingerprint density at radius 1 is 0.944 bits per heavy atom. The zero-order valence-corrected chi connectivity index (χ0v) is 13.9. The monoisotopic (exact) mass is 268 g/mol. The van der Waals surface area contributed by atoms with Gasteiger partial charge in [-0.05, 0) is 6.42 Å². The second-order valence-electron chi connectivity index (χ2n) is 6.32. The van der Waals surface area contributed by atoms with Crippen LogP contribution in [0.2, 0.25) is 19.6 Å². The van der Waals surface area contributed by atoms with E-state index in [0.29, 0.717) is 6.42 Å². The van der Waals surface area contributed by atoms with E-state index in [1.54, 1.807) is 0 Å². The van der Waals surface area contributed by atoms with E-state index in [1.165, 1.54) is 38.5 Å². The van der Waals surface area contributed by atoms with E-state index in [1.807, 2.05) is 0 Å². The lowest BCUT2D eigenvalue weighted by atomic mass is 10.1. The van der Waals surface area contributed by atoms with Crippen molar-refractivity contribution in [3.8, 4) is 11.5 Å². The lowest BCUT2D eigenvalue weighted by Crippen LogP contribution is -2.16. The van der Waals surface area contributed by atoms with E-state index >= 15 is 0 Å². The number of unbranched alkanes of at least 4 members (excludes halogenated alkanes) is 6. The molecule has 0 aliphatic heterocycles. The van der Waals surface area contributed by atoms with Gasteiger partial charge in [0.2, 0.25) is 0 Å². The molecule has 0 bridgehead atoms. The summed E-state index contributed by atoms with van der Waals surface area (Å²) < 4.78 is 0. The fraction of sp³-hybridized carbons (Fsp3) is 0.875. The van der Waals surface area contributed by atoms with Crippen LogP contribution in [0.3, 0.4) is 0 Å². The molecule has 1 atom stereocenters. The number of aliphatic hydroxyl groups excluding tert-OH is 1. The van der Waals surface area contributed by atoms with E-state index in [4.69, 9.17) is 0 Å². The topological polar surface area (TPSA) is 20.2 Å². The zero-order valence-electron chi connectivity index (χ0n) is 12.9. The summed E-state index contributed by atoms with van der Waals surface area (Å²) in [5, 5.41) is 9.80. The summed E-state index contributed by atoms with van der Waals surface area (Å²) in [7, 11) is -1.25. The average Bonchev–Trinajstić information content (AvgIpc) is 2.26. The van der Waals surface area contributed by atoms with Crippen LogP contribution < -0.4 is 0 Å². The van der Waals surface area contributed by atoms with Crippen molar-refractivity contribution in [3.63, 3.8) is 0 Å². The minimum atomic E-state index is -1.25. The Balaban J connectivity index is 3.42. The molecular formula is C16H32OSi. The van der Waals surface area contributed by atoms with E-state index < -0.39 is 8.07 Å². The van der Waals surface area contributed by atoms with Gasteiger partial charge in [0.1, 0.15) is 8.07 Å². The first-order valence-corrected chi connectivity index (χ1v) is 11.1. The fourth-order valence-corrected chi connectivity index (χ4v) is 2.51. The summed E-state index contributed by atoms with van der Waals surface area (Å²) in [4.78, 5) is 0. The van der Waals surface area contributed by atoms with Gasteiger partial charge in [0, 0.05) is 6.42 Å². The second-order valence-corrected chi connectivity index (χ2v) is 11.1. The van der Waals surface area contributed by atoms with Crippen LogP contribution in [0.25, 0.3) is 0 Å². The maximum Gasteiger partial charge on any atom is 0.129 e. The van der Waals surface area contributed by atoms with E-state index in [9.17, 15) is 5.11 Å². The molecule has 0 aliphatic rings. The highest BCUT2D eigenvalue weighted by atomic mass is 28.3. The Labute approximate surface area is 115 Å². The minimum absolute atomic E-state index is 0.204. The van der Waals surface area contributed by atoms with Crippen molar-refractivity contribution >= 4 is 8.07 Å². The first-order valence-electron chi connectivity index (χ1n) is 7.64. The molecule has 1 nitrogen and oxygen atoms in total. The molecule has 0 aliphatic carbocycles. The highest BCUT2D eigenvalue weighted by Gasteiger charge is 2.08. The first kappa shape index (κ1) is 17.7. The molecule has 0 fully saturated rings. The van der Waals surface area contributed by atoms with Gasteiger partial charge in [-0.3, -0.25) is 0 Å². The van der Waals surface area contributed by atoms with Gasteiger partial charge in [0.15, 0.2) is 0 Å². The molecule has 0 spiro atoms. The zero-order chi connectivity index (χ0) is 13.9. The predicted molar refractivity (Wildman–Crippen MR) is 84.4 cm³/mol. The van der Waals surface area contributed by atoms with Crippen molar-refractivity contribution in [2.75, 3.05) is 0 Å². The number of hydrogen-bond acceptors (Lipinski definition) is 1. The van der Waals surface area contributed by atoms with E-state index in [-0.39, 0.29) is 6.10 Å². The maximum absolute atomic E-state index is 9.80. The summed E-state index contributed by atoms with van der Waals surface area (Å²) in [6.45, 7) is 8.96. The van der Waals surface area contributed by atoms with E-state index in [0.717, 1.165) is 12.8 Å². The third kappa shape index (κ3) is 13.8. The Morgan fingerprint density at radius 3 is 2.06 bits per heavy atom. The normalized spacial score (nSPS) is 12.9. The molecular weight excluding hydrogens is 236 g/mol. The summed E-state index contributed by atoms with van der Waals surface area (Å²) >= 11 is 0. The van der Waals surface area contributed by atoms with Gasteiger partial charge < -0.3 is 5.11 Å². The van der Waals surface area contributed by atoms with E-state index in [2.05, 4.69) is 38.0 Å². The summed E-state index contributed by atoms with van der Waals surface area (Å²) in [6, 6.07) is 0. The summed E-state index contributed by atoms with van der Waals surface area (Å²) in [6.07, 6.45) is 10.6. The molecule has 1 N–H and O–H groups in total. The second kappa shape index (κ2) is 10.6. The van der Waals surface area contributed by atoms with Crippen LogP contribution in [0.1, 0.15) is 64.7 Å². The number of rotatable bonds is 9. The predicted octanol–water partition coefficient (Wildman–Crippen LogP) is 4.76. The van der Waals surface area contributed by atoms with Crippen molar-refractivity contribution in [2.45, 2.75) is 90.5 Å². The van der Waals surface area contributed by atoms with Gasteiger partial charge in [0.05, 0.1) is 6.10 Å². The van der Waals surface area contributed by atoms with Crippen LogP contribution >= 0.6 is 0 Å². The Kier molecular flexibility index (Phi) is 10.5. The van der Waals surface area contributed by atoms with Crippen molar-refractivity contribution in [3.05, 3.63) is 0 Å². The number of aliphatic hydroxyl groups is 1. The molecule has 0 aromatic heterocycles. The van der Waals surface area contributed by atoms with Crippen LogP contribution in [0.5, 0.6) is 0 Å². The van der Waals surface area contributed by atoms with Gasteiger partial charge in [-0.25, -0.2) is 0 Å². The fourth-order valence-electron chi connectivity index (χ4n) is 1.87. The lowest BCUT2D eigenvalue weighted by molar-refractivity contribution is 0.166. The molecule has 0 radical (unpaired) electrons. The van der Waals surface area contributed by atoms with Crippen molar-refractivity contribution in [1.82, 2.24) is 0 Å². The lowest BCUT2D eigenvalue weighted by Gasteiger charge is -2.08. The number of hydrogen-bond donors (Lipinski definition) is 1. The molecule has 0 unspecified atom stereocenters. The summed E-state index contributed by atoms with van der Waals surface area (Å²) in [5.41, 5.74) is 3.31. The smallest absolute Gasteiger partial charge is 0.129 e. The Morgan fingerprint density at radius 2 is 1.50 bits per heavy atom. The van der Waals surface area contributed by atoms with Gasteiger partial charge in [-0.15, -0.1) is 11.5 Å². The highest BCUT2D eigenvalue weighted by Crippen LogP contribution is 2.10. The first-order chi connectivity index (χ1) is 8.45. The van der Waals surface area contributed by atoms with Crippen LogP contribution in [0, 0.1) is 11.5 Å². The molecule has 0 saturated heterocycles. The van der Waals surface area contributed by atoms with Crippen LogP contribution in [-0.4, -0.2) is 19.3 Å². The van der Waals surface area contributed by atoms with Crippen LogP contribution in [0.15, 0.2) is 0 Å². The summed E-state index contributed by atoms with van der Waals surface area (Å²) in [5.74, 6) is 3.16. The van der Waals surface area contributed by atoms with Gasteiger partial charge >= 0.3 is 0 Å². The highest BCUT2D eigenvalue weighted by molar-refractivity contribution is 6.83. The van der Waals surface area contributed by atoms with Crippen LogP contribution in [-0.2, 0) is 0 Å². The SMILES string of the molecule is CCCCCCCCC[C@@H](O)CC#C[Si](C)(C)C. The molecule has 0 saturated carbocycles. The van der Waals surface area contributed by atoms with Gasteiger partial charge in [-0.1, -0.05) is 71.5 Å². The standard InChI is InChI=1S/C16H32OSi/c1-5-6-7-8-9-10-11-13-16(17)14-12-15-18(2,3)4/h16-17H,5-11,13-14H2,1-4H3/t16-/m1/s1. The third-order valence-corrected chi connectivity index (χ3v) is 3.87. The Hall–Kier alpha value is -0.263. The molecule has 0 rings (SSSR count). The molecule has 0 aromatic rings. The van der Waals surface area contributed by atoms with Gasteiger partial charge in [0.25, 0.3) is 0 Å². The third-order valence-electron chi connectivity index (χ3n) is 2.94. The molecule has 106 valence electrons. The van der Waals surface area contributed by atoms with Crippen molar-refractivity contribution < 1.29 is 5.11 Å². The maximum atomic E-state index is 9.80. The van der Waals surface area contributed by atoms with Crippen molar-refractivity contribution in [1.29, 1.82) is 0 Å². The molecule has 18 heavy (non-hydrogen) atoms. The molecule has 0 aromatic carbocycles. The van der Waals surface area contributed by atoms with Gasteiger partial charge in [-0.2, -0.15) is 0 Å². The van der Waals surface area contributed by atoms with Crippen LogP contribution in [0.4, 0.5) is 0 Å². The average molecular weight is 269 g/mol.